The van der Waals surface area contributed by atoms with Crippen LogP contribution in [0.4, 0.5) is 0 Å². The van der Waals surface area contributed by atoms with Crippen LogP contribution in [0.3, 0.4) is 0 Å². The van der Waals surface area contributed by atoms with Gasteiger partial charge in [-0.3, -0.25) is 0 Å². The zero-order chi connectivity index (χ0) is 13.7. The fourth-order valence-electron chi connectivity index (χ4n) is 2.43. The summed E-state index contributed by atoms with van der Waals surface area (Å²) in [6.07, 6.45) is 2.31. The van der Waals surface area contributed by atoms with Crippen molar-refractivity contribution < 1.29 is 4.74 Å². The van der Waals surface area contributed by atoms with E-state index in [1.807, 2.05) is 6.07 Å². The summed E-state index contributed by atoms with van der Waals surface area (Å²) in [7, 11) is 3.92. The summed E-state index contributed by atoms with van der Waals surface area (Å²) in [6, 6.07) is 6.20. The van der Waals surface area contributed by atoms with Gasteiger partial charge in [0.05, 0.1) is 7.11 Å². The second-order valence-electron chi connectivity index (χ2n) is 5.21. The van der Waals surface area contributed by atoms with Crippen molar-refractivity contribution in [3.8, 4) is 5.75 Å². The summed E-state index contributed by atoms with van der Waals surface area (Å²) < 4.78 is 6.47. The quantitative estimate of drug-likeness (QED) is 0.827. The van der Waals surface area contributed by atoms with E-state index in [9.17, 15) is 0 Å². The Morgan fingerprint density at radius 1 is 1.21 bits per heavy atom. The lowest BCUT2D eigenvalue weighted by molar-refractivity contribution is 0.153. The van der Waals surface area contributed by atoms with Crippen LogP contribution in [-0.2, 0) is 6.42 Å². The lowest BCUT2D eigenvalue weighted by Gasteiger charge is -2.32. The third-order valence-corrected chi connectivity index (χ3v) is 4.54. The van der Waals surface area contributed by atoms with Crippen LogP contribution in [0, 0.1) is 0 Å². The summed E-state index contributed by atoms with van der Waals surface area (Å²) >= 11 is 3.62. The van der Waals surface area contributed by atoms with Gasteiger partial charge >= 0.3 is 0 Å². The van der Waals surface area contributed by atoms with Gasteiger partial charge in [0.2, 0.25) is 0 Å². The van der Waals surface area contributed by atoms with E-state index in [0.29, 0.717) is 0 Å². The number of methoxy groups -OCH3 is 1. The molecule has 2 rings (SSSR count). The highest BCUT2D eigenvalue weighted by atomic mass is 79.9. The van der Waals surface area contributed by atoms with E-state index in [1.54, 1.807) is 7.11 Å². The van der Waals surface area contributed by atoms with E-state index in [0.717, 1.165) is 12.2 Å². The van der Waals surface area contributed by atoms with E-state index >= 15 is 0 Å². The maximum atomic E-state index is 5.28. The van der Waals surface area contributed by atoms with E-state index in [1.165, 1.54) is 49.2 Å². The van der Waals surface area contributed by atoms with Crippen molar-refractivity contribution in [1.29, 1.82) is 0 Å². The number of halogens is 1. The monoisotopic (exact) mass is 326 g/mol. The molecule has 106 valence electrons. The molecule has 3 nitrogen and oxygen atoms in total. The molecule has 0 radical (unpaired) electrons. The number of ether oxygens (including phenoxy) is 1. The van der Waals surface area contributed by atoms with E-state index in [4.69, 9.17) is 4.74 Å². The van der Waals surface area contributed by atoms with Crippen molar-refractivity contribution >= 4 is 15.9 Å². The number of hydrogen-bond acceptors (Lipinski definition) is 3. The number of likely N-dealkylation sites (N-methyl/N-ethyl adjacent to an activating group) is 1. The van der Waals surface area contributed by atoms with Crippen molar-refractivity contribution in [2.75, 3.05) is 46.9 Å². The maximum absolute atomic E-state index is 5.28. The fraction of sp³-hybridized carbons (Fsp3) is 0.600. The molecule has 0 unspecified atom stereocenters. The van der Waals surface area contributed by atoms with Crippen LogP contribution in [0.25, 0.3) is 0 Å². The third kappa shape index (κ3) is 4.48. The van der Waals surface area contributed by atoms with E-state index in [-0.39, 0.29) is 0 Å². The van der Waals surface area contributed by atoms with Crippen molar-refractivity contribution in [3.63, 3.8) is 0 Å². The van der Waals surface area contributed by atoms with Crippen molar-refractivity contribution in [2.45, 2.75) is 12.8 Å². The molecule has 0 amide bonds. The predicted octanol–water partition coefficient (Wildman–Crippen LogP) is 2.64. The molecular weight excluding hydrogens is 304 g/mol. The number of benzene rings is 1. The summed E-state index contributed by atoms with van der Waals surface area (Å²) in [5, 5.41) is 0. The molecule has 1 fully saturated rings. The molecule has 1 saturated heterocycles. The first-order chi connectivity index (χ1) is 9.19. The number of rotatable bonds is 5. The summed E-state index contributed by atoms with van der Waals surface area (Å²) in [6.45, 7) is 5.99. The Kier molecular flexibility index (Phi) is 5.67. The molecular formula is C15H23BrN2O. The molecule has 1 aliphatic rings. The largest absolute Gasteiger partial charge is 0.497 e. The van der Waals surface area contributed by atoms with Gasteiger partial charge in [-0.2, -0.15) is 0 Å². The lowest BCUT2D eigenvalue weighted by Crippen LogP contribution is -2.44. The van der Waals surface area contributed by atoms with Gasteiger partial charge in [-0.05, 0) is 50.2 Å². The SMILES string of the molecule is COc1ccc(Br)c(CCCN2CCN(C)CC2)c1. The van der Waals surface area contributed by atoms with E-state index in [2.05, 4.69) is 44.9 Å². The van der Waals surface area contributed by atoms with Gasteiger partial charge in [0.1, 0.15) is 5.75 Å². The first-order valence-corrected chi connectivity index (χ1v) is 7.71. The molecule has 0 N–H and O–H groups in total. The molecule has 1 aromatic carbocycles. The number of nitrogens with zero attached hydrogens (tertiary/aromatic N) is 2. The standard InChI is InChI=1S/C15H23BrN2O/c1-17-8-10-18(11-9-17)7-3-4-13-12-14(19-2)5-6-15(13)16/h5-6,12H,3-4,7-11H2,1-2H3. The minimum Gasteiger partial charge on any atom is -0.497 e. The van der Waals surface area contributed by atoms with E-state index < -0.39 is 0 Å². The molecule has 0 aliphatic carbocycles. The normalized spacial score (nSPS) is 17.6. The van der Waals surface area contributed by atoms with Crippen LogP contribution in [0.1, 0.15) is 12.0 Å². The maximum Gasteiger partial charge on any atom is 0.119 e. The predicted molar refractivity (Wildman–Crippen MR) is 83.0 cm³/mol. The van der Waals surface area contributed by atoms with Crippen LogP contribution in [0.2, 0.25) is 0 Å². The Morgan fingerprint density at radius 2 is 1.95 bits per heavy atom. The van der Waals surface area contributed by atoms with Crippen LogP contribution < -0.4 is 4.74 Å². The lowest BCUT2D eigenvalue weighted by atomic mass is 10.1. The summed E-state index contributed by atoms with van der Waals surface area (Å²) in [5.41, 5.74) is 1.34. The smallest absolute Gasteiger partial charge is 0.119 e. The average Bonchev–Trinajstić information content (AvgIpc) is 2.43. The van der Waals surface area contributed by atoms with Gasteiger partial charge in [-0.25, -0.2) is 0 Å². The van der Waals surface area contributed by atoms with Gasteiger partial charge in [-0.15, -0.1) is 0 Å². The molecule has 0 aromatic heterocycles. The minimum atomic E-state index is 0.942. The number of aryl methyl sites for hydroxylation is 1. The van der Waals surface area contributed by atoms with Crippen molar-refractivity contribution in [1.82, 2.24) is 9.80 Å². The van der Waals surface area contributed by atoms with Crippen molar-refractivity contribution in [3.05, 3.63) is 28.2 Å². The molecule has 1 aliphatic heterocycles. The Morgan fingerprint density at radius 3 is 2.63 bits per heavy atom. The Labute approximate surface area is 124 Å². The van der Waals surface area contributed by atoms with Gasteiger partial charge < -0.3 is 14.5 Å². The number of piperazine rings is 1. The molecule has 4 heteroatoms. The van der Waals surface area contributed by atoms with Crippen LogP contribution >= 0.6 is 15.9 Å². The fourth-order valence-corrected chi connectivity index (χ4v) is 2.88. The Hall–Kier alpha value is -0.580. The summed E-state index contributed by atoms with van der Waals surface area (Å²) in [4.78, 5) is 4.96. The van der Waals surface area contributed by atoms with Gasteiger partial charge in [0, 0.05) is 30.7 Å². The Bertz CT molecular complexity index is 403. The molecule has 0 spiro atoms. The number of hydrogen-bond donors (Lipinski definition) is 0. The van der Waals surface area contributed by atoms with Gasteiger partial charge in [0.25, 0.3) is 0 Å². The van der Waals surface area contributed by atoms with Crippen LogP contribution in [0.5, 0.6) is 5.75 Å². The second kappa shape index (κ2) is 7.27. The van der Waals surface area contributed by atoms with Crippen LogP contribution in [0.15, 0.2) is 22.7 Å². The molecule has 1 heterocycles. The highest BCUT2D eigenvalue weighted by molar-refractivity contribution is 9.10. The van der Waals surface area contributed by atoms with Gasteiger partial charge in [-0.1, -0.05) is 15.9 Å². The minimum absolute atomic E-state index is 0.942. The first-order valence-electron chi connectivity index (χ1n) is 6.92. The van der Waals surface area contributed by atoms with Crippen molar-refractivity contribution in [2.24, 2.45) is 0 Å². The summed E-state index contributed by atoms with van der Waals surface area (Å²) in [5.74, 6) is 0.942. The molecule has 19 heavy (non-hydrogen) atoms. The highest BCUT2D eigenvalue weighted by Crippen LogP contribution is 2.23. The zero-order valence-electron chi connectivity index (χ0n) is 11.9. The Balaban J connectivity index is 1.79. The zero-order valence-corrected chi connectivity index (χ0v) is 13.4. The second-order valence-corrected chi connectivity index (χ2v) is 6.06. The highest BCUT2D eigenvalue weighted by Gasteiger charge is 2.13. The van der Waals surface area contributed by atoms with Crippen LogP contribution in [-0.4, -0.2) is 56.7 Å². The molecule has 0 saturated carbocycles. The first kappa shape index (κ1) is 14.8. The molecule has 1 aromatic rings. The topological polar surface area (TPSA) is 15.7 Å². The molecule has 0 bridgehead atoms. The molecule has 0 atom stereocenters. The third-order valence-electron chi connectivity index (χ3n) is 3.77. The average molecular weight is 327 g/mol. The van der Waals surface area contributed by atoms with Gasteiger partial charge in [0.15, 0.2) is 0 Å².